The predicted octanol–water partition coefficient (Wildman–Crippen LogP) is 3.73. The number of nitrogens with zero attached hydrogens (tertiary/aromatic N) is 4. The summed E-state index contributed by atoms with van der Waals surface area (Å²) in [4.78, 5) is 8.13. The Kier molecular flexibility index (Phi) is 2.95. The molecule has 0 N–H and O–H groups in total. The highest BCUT2D eigenvalue weighted by atomic mass is 35.5. The Morgan fingerprint density at radius 2 is 2.05 bits per heavy atom. The average Bonchev–Trinajstić information content (AvgIpc) is 2.81. The van der Waals surface area contributed by atoms with Gasteiger partial charge in [0.1, 0.15) is 0 Å². The molecular weight excluding hydrogens is 260 g/mol. The minimum Gasteiger partial charge on any atom is -0.262 e. The molecule has 96 valence electrons. The van der Waals surface area contributed by atoms with Crippen LogP contribution in [0, 0.1) is 0 Å². The summed E-state index contributed by atoms with van der Waals surface area (Å²) >= 11 is 5.83. The van der Waals surface area contributed by atoms with E-state index >= 15 is 0 Å². The molecule has 0 radical (unpaired) electrons. The van der Waals surface area contributed by atoms with Crippen molar-refractivity contribution >= 4 is 22.5 Å². The second-order valence-corrected chi connectivity index (χ2v) is 5.01. The van der Waals surface area contributed by atoms with Crippen molar-refractivity contribution in [2.75, 3.05) is 0 Å². The van der Waals surface area contributed by atoms with E-state index in [2.05, 4.69) is 35.0 Å². The zero-order chi connectivity index (χ0) is 13.4. The van der Waals surface area contributed by atoms with Gasteiger partial charge in [0.05, 0.1) is 17.4 Å². The maximum Gasteiger partial charge on any atom is 0.222 e. The Morgan fingerprint density at radius 1 is 1.21 bits per heavy atom. The summed E-state index contributed by atoms with van der Waals surface area (Å²) in [7, 11) is 0. The van der Waals surface area contributed by atoms with Crippen LogP contribution in [0.15, 0.2) is 36.7 Å². The van der Waals surface area contributed by atoms with Gasteiger partial charge in [-0.1, -0.05) is 12.1 Å². The van der Waals surface area contributed by atoms with Gasteiger partial charge in [-0.25, -0.2) is 9.97 Å². The largest absolute Gasteiger partial charge is 0.262 e. The Balaban J connectivity index is 2.18. The fourth-order valence-corrected chi connectivity index (χ4v) is 2.25. The van der Waals surface area contributed by atoms with Crippen LogP contribution in [0.5, 0.6) is 0 Å². The summed E-state index contributed by atoms with van der Waals surface area (Å²) in [5.41, 5.74) is 2.93. The van der Waals surface area contributed by atoms with E-state index in [9.17, 15) is 0 Å². The van der Waals surface area contributed by atoms with Gasteiger partial charge < -0.3 is 0 Å². The maximum atomic E-state index is 5.83. The Labute approximate surface area is 116 Å². The molecule has 3 aromatic rings. The highest BCUT2D eigenvalue weighted by molar-refractivity contribution is 6.28. The van der Waals surface area contributed by atoms with Crippen molar-refractivity contribution in [1.29, 1.82) is 0 Å². The first-order chi connectivity index (χ1) is 9.15. The predicted molar refractivity (Wildman–Crippen MR) is 76.2 cm³/mol. The summed E-state index contributed by atoms with van der Waals surface area (Å²) in [6, 6.07) is 8.33. The lowest BCUT2D eigenvalue weighted by Crippen LogP contribution is -2.01. The molecule has 0 unspecified atom stereocenters. The second-order valence-electron chi connectivity index (χ2n) is 4.67. The number of rotatable bonds is 2. The lowest BCUT2D eigenvalue weighted by molar-refractivity contribution is 0.551. The zero-order valence-corrected chi connectivity index (χ0v) is 11.5. The first-order valence-corrected chi connectivity index (χ1v) is 6.49. The minimum atomic E-state index is 0.259. The molecular formula is C14H13ClN4. The third-order valence-corrected chi connectivity index (χ3v) is 3.19. The Hall–Kier alpha value is -1.94. The normalized spacial score (nSPS) is 11.4. The van der Waals surface area contributed by atoms with Crippen molar-refractivity contribution in [3.8, 4) is 11.3 Å². The summed E-state index contributed by atoms with van der Waals surface area (Å²) < 4.78 is 2.00. The van der Waals surface area contributed by atoms with Crippen molar-refractivity contribution in [1.82, 2.24) is 19.7 Å². The van der Waals surface area contributed by atoms with Crippen LogP contribution in [0.2, 0.25) is 5.28 Å². The SMILES string of the molecule is CC(C)n1ncc2ccc(-c3ccnc(Cl)n3)cc21. The molecule has 4 nitrogen and oxygen atoms in total. The third-order valence-electron chi connectivity index (χ3n) is 3.01. The van der Waals surface area contributed by atoms with Gasteiger partial charge in [0, 0.05) is 23.2 Å². The third kappa shape index (κ3) is 2.19. The van der Waals surface area contributed by atoms with E-state index in [4.69, 9.17) is 11.6 Å². The standard InChI is InChI=1S/C14H13ClN4/c1-9(2)19-13-7-10(3-4-11(13)8-17-19)12-5-6-16-14(15)18-12/h3-9H,1-2H3. The second kappa shape index (κ2) is 4.63. The van der Waals surface area contributed by atoms with Gasteiger partial charge in [-0.05, 0) is 37.6 Å². The Bertz CT molecular complexity index is 733. The highest BCUT2D eigenvalue weighted by Gasteiger charge is 2.08. The number of aromatic nitrogens is 4. The minimum absolute atomic E-state index is 0.259. The molecule has 0 aliphatic carbocycles. The number of benzene rings is 1. The molecule has 5 heteroatoms. The van der Waals surface area contributed by atoms with Gasteiger partial charge in [0.25, 0.3) is 0 Å². The summed E-state index contributed by atoms with van der Waals surface area (Å²) in [5, 5.41) is 5.79. The number of halogens is 1. The van der Waals surface area contributed by atoms with Crippen LogP contribution in [0.3, 0.4) is 0 Å². The van der Waals surface area contributed by atoms with Crippen LogP contribution >= 0.6 is 11.6 Å². The van der Waals surface area contributed by atoms with Crippen LogP contribution < -0.4 is 0 Å². The van der Waals surface area contributed by atoms with Crippen LogP contribution in [0.4, 0.5) is 0 Å². The lowest BCUT2D eigenvalue weighted by atomic mass is 10.1. The smallest absolute Gasteiger partial charge is 0.222 e. The number of hydrogen-bond donors (Lipinski definition) is 0. The molecule has 0 aliphatic heterocycles. The first-order valence-electron chi connectivity index (χ1n) is 6.11. The number of hydrogen-bond acceptors (Lipinski definition) is 3. The van der Waals surface area contributed by atoms with Gasteiger partial charge in [-0.3, -0.25) is 4.68 Å². The lowest BCUT2D eigenvalue weighted by Gasteiger charge is -2.08. The van der Waals surface area contributed by atoms with Crippen molar-refractivity contribution in [2.45, 2.75) is 19.9 Å². The molecule has 19 heavy (non-hydrogen) atoms. The van der Waals surface area contributed by atoms with Crippen molar-refractivity contribution < 1.29 is 0 Å². The number of fused-ring (bicyclic) bond motifs is 1. The van der Waals surface area contributed by atoms with E-state index in [0.29, 0.717) is 6.04 Å². The summed E-state index contributed by atoms with van der Waals surface area (Å²) in [6.45, 7) is 4.22. The average molecular weight is 273 g/mol. The van der Waals surface area contributed by atoms with Gasteiger partial charge in [-0.2, -0.15) is 5.10 Å². The van der Waals surface area contributed by atoms with Gasteiger partial charge in [0.15, 0.2) is 0 Å². The molecule has 3 rings (SSSR count). The van der Waals surface area contributed by atoms with Gasteiger partial charge in [-0.15, -0.1) is 0 Å². The summed E-state index contributed by atoms with van der Waals surface area (Å²) in [5.74, 6) is 0. The van der Waals surface area contributed by atoms with E-state index in [1.165, 1.54) is 0 Å². The molecule has 2 aromatic heterocycles. The van der Waals surface area contributed by atoms with E-state index in [0.717, 1.165) is 22.2 Å². The van der Waals surface area contributed by atoms with Gasteiger partial charge in [0.2, 0.25) is 5.28 Å². The fraction of sp³-hybridized carbons (Fsp3) is 0.214. The Morgan fingerprint density at radius 3 is 2.79 bits per heavy atom. The van der Waals surface area contributed by atoms with Crippen molar-refractivity contribution in [3.05, 3.63) is 41.9 Å². The quantitative estimate of drug-likeness (QED) is 0.668. The molecule has 0 spiro atoms. The molecule has 0 amide bonds. The molecule has 2 heterocycles. The van der Waals surface area contributed by atoms with Crippen LogP contribution in [-0.2, 0) is 0 Å². The topological polar surface area (TPSA) is 43.6 Å². The van der Waals surface area contributed by atoms with E-state index in [1.54, 1.807) is 6.20 Å². The van der Waals surface area contributed by atoms with E-state index < -0.39 is 0 Å². The summed E-state index contributed by atoms with van der Waals surface area (Å²) in [6.07, 6.45) is 3.54. The molecule has 0 bridgehead atoms. The van der Waals surface area contributed by atoms with Crippen molar-refractivity contribution in [2.24, 2.45) is 0 Å². The molecule has 0 saturated carbocycles. The van der Waals surface area contributed by atoms with Crippen LogP contribution in [0.1, 0.15) is 19.9 Å². The molecule has 0 fully saturated rings. The van der Waals surface area contributed by atoms with E-state index in [1.807, 2.05) is 29.1 Å². The molecule has 0 atom stereocenters. The van der Waals surface area contributed by atoms with E-state index in [-0.39, 0.29) is 5.28 Å². The molecule has 0 aliphatic rings. The maximum absolute atomic E-state index is 5.83. The van der Waals surface area contributed by atoms with Gasteiger partial charge >= 0.3 is 0 Å². The molecule has 0 saturated heterocycles. The van der Waals surface area contributed by atoms with Crippen LogP contribution in [-0.4, -0.2) is 19.7 Å². The first kappa shape index (κ1) is 12.1. The molecule has 1 aromatic carbocycles. The zero-order valence-electron chi connectivity index (χ0n) is 10.7. The monoisotopic (exact) mass is 272 g/mol. The van der Waals surface area contributed by atoms with Crippen LogP contribution in [0.25, 0.3) is 22.2 Å². The fourth-order valence-electron chi connectivity index (χ4n) is 2.10. The van der Waals surface area contributed by atoms with Crippen molar-refractivity contribution in [3.63, 3.8) is 0 Å². The highest BCUT2D eigenvalue weighted by Crippen LogP contribution is 2.25.